The Balaban J connectivity index is 2.86. The number of rotatable bonds is 5. The molecule has 0 spiro atoms. The fourth-order valence-corrected chi connectivity index (χ4v) is 2.30. The van der Waals surface area contributed by atoms with Crippen LogP contribution in [-0.4, -0.2) is 35.6 Å². The molecule has 0 radical (unpaired) electrons. The van der Waals surface area contributed by atoms with Crippen LogP contribution in [0.15, 0.2) is 12.1 Å². The lowest BCUT2D eigenvalue weighted by Gasteiger charge is -2.22. The maximum atomic E-state index is 12.2. The van der Waals surface area contributed by atoms with E-state index in [1.807, 2.05) is 13.8 Å². The molecule has 1 unspecified atom stereocenters. The quantitative estimate of drug-likeness (QED) is 0.873. The summed E-state index contributed by atoms with van der Waals surface area (Å²) < 4.78 is 0. The second-order valence-corrected chi connectivity index (χ2v) is 6.23. The van der Waals surface area contributed by atoms with Crippen molar-refractivity contribution in [2.75, 3.05) is 18.9 Å². The molecule has 1 aromatic rings. The summed E-state index contributed by atoms with van der Waals surface area (Å²) in [5, 5.41) is 11.8. The molecular formula is C17H26N2O3. The Labute approximate surface area is 132 Å². The first-order valence-corrected chi connectivity index (χ1v) is 7.49. The van der Waals surface area contributed by atoms with E-state index in [1.165, 1.54) is 10.5 Å². The number of carboxylic acid groups (broad SMARTS) is 1. The summed E-state index contributed by atoms with van der Waals surface area (Å²) in [6.45, 7) is 9.95. The highest BCUT2D eigenvalue weighted by Crippen LogP contribution is 2.26. The number of nitrogens with one attached hydrogen (secondary N) is 1. The van der Waals surface area contributed by atoms with E-state index in [4.69, 9.17) is 5.11 Å². The smallest absolute Gasteiger partial charge is 0.321 e. The Kier molecular flexibility index (Phi) is 5.97. The highest BCUT2D eigenvalue weighted by molar-refractivity contribution is 5.91. The minimum atomic E-state index is -0.909. The standard InChI is InChI=1S/C17H26N2O3/c1-10(2)14-7-11(3)15(12(4)8-14)18-17(22)19(6)9-13(5)16(20)21/h7-8,10,13H,9H2,1-6H3,(H,18,22)(H,20,21). The SMILES string of the molecule is Cc1cc(C(C)C)cc(C)c1NC(=O)N(C)CC(C)C(=O)O. The average Bonchev–Trinajstić information content (AvgIpc) is 2.41. The molecule has 1 atom stereocenters. The minimum Gasteiger partial charge on any atom is -0.481 e. The number of carbonyl (C=O) groups is 2. The van der Waals surface area contributed by atoms with Crippen molar-refractivity contribution < 1.29 is 14.7 Å². The van der Waals surface area contributed by atoms with Gasteiger partial charge in [-0.1, -0.05) is 32.9 Å². The van der Waals surface area contributed by atoms with Gasteiger partial charge in [0.05, 0.1) is 5.92 Å². The number of benzene rings is 1. The molecule has 0 aliphatic rings. The van der Waals surface area contributed by atoms with Crippen LogP contribution < -0.4 is 5.32 Å². The Bertz CT molecular complexity index is 544. The van der Waals surface area contributed by atoms with Gasteiger partial charge in [-0.25, -0.2) is 4.79 Å². The molecule has 0 bridgehead atoms. The average molecular weight is 306 g/mol. The van der Waals surface area contributed by atoms with Gasteiger partial charge < -0.3 is 15.3 Å². The second-order valence-electron chi connectivity index (χ2n) is 6.23. The number of hydrogen-bond acceptors (Lipinski definition) is 2. The van der Waals surface area contributed by atoms with Gasteiger partial charge in [0.2, 0.25) is 0 Å². The fourth-order valence-electron chi connectivity index (χ4n) is 2.30. The number of carbonyl (C=O) groups excluding carboxylic acids is 1. The van der Waals surface area contributed by atoms with Crippen molar-refractivity contribution >= 4 is 17.7 Å². The predicted molar refractivity (Wildman–Crippen MR) is 88.5 cm³/mol. The van der Waals surface area contributed by atoms with E-state index in [9.17, 15) is 9.59 Å². The van der Waals surface area contributed by atoms with Crippen molar-refractivity contribution in [3.63, 3.8) is 0 Å². The van der Waals surface area contributed by atoms with E-state index in [1.54, 1.807) is 14.0 Å². The molecule has 1 aromatic carbocycles. The van der Waals surface area contributed by atoms with E-state index >= 15 is 0 Å². The molecular weight excluding hydrogens is 280 g/mol. The Hall–Kier alpha value is -2.04. The van der Waals surface area contributed by atoms with Crippen LogP contribution in [0.2, 0.25) is 0 Å². The van der Waals surface area contributed by atoms with E-state index in [0.29, 0.717) is 5.92 Å². The highest BCUT2D eigenvalue weighted by Gasteiger charge is 2.18. The second kappa shape index (κ2) is 7.29. The third-order valence-electron chi connectivity index (χ3n) is 3.77. The molecule has 0 aliphatic heterocycles. The summed E-state index contributed by atoms with van der Waals surface area (Å²) in [5.74, 6) is -1.07. The van der Waals surface area contributed by atoms with Crippen LogP contribution in [0.4, 0.5) is 10.5 Å². The van der Waals surface area contributed by atoms with Crippen LogP contribution in [-0.2, 0) is 4.79 Å². The Morgan fingerprint density at radius 2 is 1.68 bits per heavy atom. The topological polar surface area (TPSA) is 69.6 Å². The normalized spacial score (nSPS) is 12.1. The number of aryl methyl sites for hydroxylation is 2. The zero-order valence-electron chi connectivity index (χ0n) is 14.2. The Morgan fingerprint density at radius 3 is 2.09 bits per heavy atom. The molecule has 0 aromatic heterocycles. The zero-order chi connectivity index (χ0) is 17.0. The van der Waals surface area contributed by atoms with Gasteiger partial charge in [0.15, 0.2) is 0 Å². The molecule has 0 saturated carbocycles. The molecule has 2 amide bonds. The lowest BCUT2D eigenvalue weighted by molar-refractivity contribution is -0.141. The third-order valence-corrected chi connectivity index (χ3v) is 3.77. The summed E-state index contributed by atoms with van der Waals surface area (Å²) >= 11 is 0. The van der Waals surface area contributed by atoms with Gasteiger partial charge in [-0.05, 0) is 36.5 Å². The van der Waals surface area contributed by atoms with E-state index < -0.39 is 11.9 Å². The summed E-state index contributed by atoms with van der Waals surface area (Å²) in [6, 6.07) is 3.86. The highest BCUT2D eigenvalue weighted by atomic mass is 16.4. The molecule has 2 N–H and O–H groups in total. The van der Waals surface area contributed by atoms with E-state index in [2.05, 4.69) is 31.3 Å². The molecule has 0 heterocycles. The molecule has 5 nitrogen and oxygen atoms in total. The first-order valence-electron chi connectivity index (χ1n) is 7.49. The molecule has 0 fully saturated rings. The van der Waals surface area contributed by atoms with E-state index in [-0.39, 0.29) is 12.6 Å². The van der Waals surface area contributed by atoms with Crippen LogP contribution in [0, 0.1) is 19.8 Å². The van der Waals surface area contributed by atoms with Gasteiger partial charge >= 0.3 is 12.0 Å². The summed E-state index contributed by atoms with van der Waals surface area (Å²) in [7, 11) is 1.60. The minimum absolute atomic E-state index is 0.170. The number of hydrogen-bond donors (Lipinski definition) is 2. The van der Waals surface area contributed by atoms with Crippen molar-refractivity contribution in [3.05, 3.63) is 28.8 Å². The summed E-state index contributed by atoms with van der Waals surface area (Å²) in [6.07, 6.45) is 0. The van der Waals surface area contributed by atoms with Gasteiger partial charge in [-0.2, -0.15) is 0 Å². The Morgan fingerprint density at radius 1 is 1.18 bits per heavy atom. The maximum Gasteiger partial charge on any atom is 0.321 e. The molecule has 5 heteroatoms. The largest absolute Gasteiger partial charge is 0.481 e. The molecule has 1 rings (SSSR count). The third kappa shape index (κ3) is 4.48. The predicted octanol–water partition coefficient (Wildman–Crippen LogP) is 3.61. The van der Waals surface area contributed by atoms with Crippen molar-refractivity contribution in [2.45, 2.75) is 40.5 Å². The summed E-state index contributed by atoms with van der Waals surface area (Å²) in [4.78, 5) is 24.5. The molecule has 0 saturated heterocycles. The molecule has 122 valence electrons. The number of aliphatic carboxylic acids is 1. The van der Waals surface area contributed by atoms with Crippen molar-refractivity contribution in [3.8, 4) is 0 Å². The van der Waals surface area contributed by atoms with Gasteiger partial charge in [-0.15, -0.1) is 0 Å². The van der Waals surface area contributed by atoms with Crippen LogP contribution in [0.5, 0.6) is 0 Å². The van der Waals surface area contributed by atoms with Crippen molar-refractivity contribution in [1.82, 2.24) is 4.90 Å². The van der Waals surface area contributed by atoms with Crippen molar-refractivity contribution in [1.29, 1.82) is 0 Å². The lowest BCUT2D eigenvalue weighted by Crippen LogP contribution is -2.37. The first kappa shape index (κ1) is 18.0. The van der Waals surface area contributed by atoms with Gasteiger partial charge in [0.25, 0.3) is 0 Å². The van der Waals surface area contributed by atoms with Gasteiger partial charge in [0, 0.05) is 19.3 Å². The molecule has 22 heavy (non-hydrogen) atoms. The van der Waals surface area contributed by atoms with E-state index in [0.717, 1.165) is 16.8 Å². The number of carboxylic acids is 1. The van der Waals surface area contributed by atoms with Crippen molar-refractivity contribution in [2.24, 2.45) is 5.92 Å². The maximum absolute atomic E-state index is 12.2. The van der Waals surface area contributed by atoms with Crippen LogP contribution in [0.1, 0.15) is 43.4 Å². The van der Waals surface area contributed by atoms with Gasteiger partial charge in [0.1, 0.15) is 0 Å². The first-order chi connectivity index (χ1) is 10.1. The van der Waals surface area contributed by atoms with Crippen LogP contribution in [0.25, 0.3) is 0 Å². The fraction of sp³-hybridized carbons (Fsp3) is 0.529. The number of amides is 2. The van der Waals surface area contributed by atoms with Crippen LogP contribution >= 0.6 is 0 Å². The van der Waals surface area contributed by atoms with Gasteiger partial charge in [-0.3, -0.25) is 4.79 Å². The molecule has 0 aliphatic carbocycles. The lowest BCUT2D eigenvalue weighted by atomic mass is 9.97. The number of nitrogens with zero attached hydrogens (tertiary/aromatic N) is 1. The number of urea groups is 1. The number of anilines is 1. The van der Waals surface area contributed by atoms with Crippen LogP contribution in [0.3, 0.4) is 0 Å². The monoisotopic (exact) mass is 306 g/mol. The zero-order valence-corrected chi connectivity index (χ0v) is 14.2. The summed E-state index contributed by atoms with van der Waals surface area (Å²) in [5.41, 5.74) is 4.05.